The number of carbonyl (C=O) groups excluding carboxylic acids is 1. The number of rotatable bonds is 6. The third-order valence-corrected chi connectivity index (χ3v) is 5.62. The average Bonchev–Trinajstić information content (AvgIpc) is 3.15. The standard InChI is InChI=1S/C19H23NO2S/c21-18(20-12-4-8-16-6-2-1-3-7-16)19(10-13-22-14-11-19)17-9-5-15-23-17/h1-3,5-7,9,15H,4,8,10-14H2,(H,20,21). The summed E-state index contributed by atoms with van der Waals surface area (Å²) in [5.74, 6) is 0.163. The van der Waals surface area contributed by atoms with Crippen LogP contribution < -0.4 is 5.32 Å². The van der Waals surface area contributed by atoms with Crippen molar-refractivity contribution in [3.8, 4) is 0 Å². The van der Waals surface area contributed by atoms with Gasteiger partial charge in [0.2, 0.25) is 5.91 Å². The molecule has 3 nitrogen and oxygen atoms in total. The molecular weight excluding hydrogens is 306 g/mol. The highest BCUT2D eigenvalue weighted by atomic mass is 32.1. The first-order valence-corrected chi connectivity index (χ1v) is 9.13. The molecule has 0 unspecified atom stereocenters. The Labute approximate surface area is 141 Å². The maximum Gasteiger partial charge on any atom is 0.231 e. The molecule has 1 saturated heterocycles. The maximum absolute atomic E-state index is 12.9. The molecule has 0 saturated carbocycles. The van der Waals surface area contributed by atoms with Crippen LogP contribution in [0.15, 0.2) is 47.8 Å². The second kappa shape index (κ2) is 7.75. The molecule has 0 bridgehead atoms. The van der Waals surface area contributed by atoms with E-state index in [1.807, 2.05) is 12.1 Å². The molecule has 1 aromatic heterocycles. The van der Waals surface area contributed by atoms with Gasteiger partial charge >= 0.3 is 0 Å². The minimum absolute atomic E-state index is 0.163. The zero-order chi connectivity index (χ0) is 16.0. The number of benzene rings is 1. The Bertz CT molecular complexity index is 604. The van der Waals surface area contributed by atoms with Crippen molar-refractivity contribution in [1.29, 1.82) is 0 Å². The van der Waals surface area contributed by atoms with Gasteiger partial charge in [-0.3, -0.25) is 4.79 Å². The summed E-state index contributed by atoms with van der Waals surface area (Å²) in [6.45, 7) is 2.05. The van der Waals surface area contributed by atoms with Crippen LogP contribution in [0.4, 0.5) is 0 Å². The van der Waals surface area contributed by atoms with Crippen LogP contribution in [0.5, 0.6) is 0 Å². The molecule has 1 amide bonds. The number of hydrogen-bond acceptors (Lipinski definition) is 3. The lowest BCUT2D eigenvalue weighted by molar-refractivity contribution is -0.130. The Morgan fingerprint density at radius 3 is 2.61 bits per heavy atom. The van der Waals surface area contributed by atoms with Crippen LogP contribution in [0.25, 0.3) is 0 Å². The van der Waals surface area contributed by atoms with Crippen molar-refractivity contribution in [3.63, 3.8) is 0 Å². The van der Waals surface area contributed by atoms with E-state index in [0.717, 1.165) is 32.2 Å². The summed E-state index contributed by atoms with van der Waals surface area (Å²) in [5, 5.41) is 5.21. The third-order valence-electron chi connectivity index (χ3n) is 4.54. The van der Waals surface area contributed by atoms with E-state index >= 15 is 0 Å². The molecule has 0 atom stereocenters. The van der Waals surface area contributed by atoms with E-state index in [1.165, 1.54) is 10.4 Å². The van der Waals surface area contributed by atoms with E-state index in [-0.39, 0.29) is 11.3 Å². The zero-order valence-electron chi connectivity index (χ0n) is 13.3. The van der Waals surface area contributed by atoms with Crippen molar-refractivity contribution < 1.29 is 9.53 Å². The van der Waals surface area contributed by atoms with E-state index in [9.17, 15) is 4.79 Å². The molecule has 0 aliphatic carbocycles. The van der Waals surface area contributed by atoms with Crippen LogP contribution >= 0.6 is 11.3 Å². The van der Waals surface area contributed by atoms with Crippen LogP contribution in [0.1, 0.15) is 29.7 Å². The van der Waals surface area contributed by atoms with Crippen LogP contribution in [0, 0.1) is 0 Å². The predicted molar refractivity (Wildman–Crippen MR) is 93.8 cm³/mol. The molecule has 3 rings (SSSR count). The van der Waals surface area contributed by atoms with Gasteiger partial charge in [0.15, 0.2) is 0 Å². The Balaban J connectivity index is 1.57. The molecule has 0 spiro atoms. The third kappa shape index (κ3) is 3.82. The number of carbonyl (C=O) groups is 1. The van der Waals surface area contributed by atoms with Crippen LogP contribution in [-0.4, -0.2) is 25.7 Å². The van der Waals surface area contributed by atoms with Gasteiger partial charge in [-0.2, -0.15) is 0 Å². The minimum Gasteiger partial charge on any atom is -0.381 e. The van der Waals surface area contributed by atoms with Gasteiger partial charge in [0.05, 0.1) is 5.41 Å². The molecule has 4 heteroatoms. The van der Waals surface area contributed by atoms with Gasteiger partial charge in [-0.25, -0.2) is 0 Å². The Morgan fingerprint density at radius 1 is 1.13 bits per heavy atom. The summed E-state index contributed by atoms with van der Waals surface area (Å²) < 4.78 is 5.48. The number of aryl methyl sites for hydroxylation is 1. The molecule has 2 heterocycles. The smallest absolute Gasteiger partial charge is 0.231 e. The van der Waals surface area contributed by atoms with Crippen molar-refractivity contribution in [2.45, 2.75) is 31.1 Å². The second-order valence-electron chi connectivity index (χ2n) is 6.02. The van der Waals surface area contributed by atoms with Crippen molar-refractivity contribution in [1.82, 2.24) is 5.32 Å². The maximum atomic E-state index is 12.9. The number of amides is 1. The van der Waals surface area contributed by atoms with Gasteiger partial charge in [0.1, 0.15) is 0 Å². The van der Waals surface area contributed by atoms with Gasteiger partial charge < -0.3 is 10.1 Å². The lowest BCUT2D eigenvalue weighted by atomic mass is 9.78. The Hall–Kier alpha value is -1.65. The average molecular weight is 329 g/mol. The quantitative estimate of drug-likeness (QED) is 0.823. The number of ether oxygens (including phenoxy) is 1. The van der Waals surface area contributed by atoms with Crippen molar-refractivity contribution >= 4 is 17.2 Å². The fraction of sp³-hybridized carbons (Fsp3) is 0.421. The largest absolute Gasteiger partial charge is 0.381 e. The highest BCUT2D eigenvalue weighted by Gasteiger charge is 2.42. The monoisotopic (exact) mass is 329 g/mol. The number of thiophene rings is 1. The van der Waals surface area contributed by atoms with Crippen molar-refractivity contribution in [2.75, 3.05) is 19.8 Å². The van der Waals surface area contributed by atoms with Gasteiger partial charge in [0.25, 0.3) is 0 Å². The van der Waals surface area contributed by atoms with Crippen LogP contribution in [0.3, 0.4) is 0 Å². The summed E-state index contributed by atoms with van der Waals surface area (Å²) in [5.41, 5.74) is 0.930. The first-order chi connectivity index (χ1) is 11.3. The minimum atomic E-state index is -0.390. The molecular formula is C19H23NO2S. The molecule has 1 aromatic carbocycles. The van der Waals surface area contributed by atoms with E-state index in [0.29, 0.717) is 13.2 Å². The fourth-order valence-corrected chi connectivity index (χ4v) is 4.15. The van der Waals surface area contributed by atoms with Gasteiger partial charge in [0, 0.05) is 24.6 Å². The molecule has 1 fully saturated rings. The topological polar surface area (TPSA) is 38.3 Å². The summed E-state index contributed by atoms with van der Waals surface area (Å²) >= 11 is 1.68. The van der Waals surface area contributed by atoms with E-state index in [4.69, 9.17) is 4.74 Å². The lowest BCUT2D eigenvalue weighted by Gasteiger charge is -2.35. The SMILES string of the molecule is O=C(NCCCc1ccccc1)C1(c2cccs2)CCOCC1. The highest BCUT2D eigenvalue weighted by Crippen LogP contribution is 2.37. The van der Waals surface area contributed by atoms with Crippen LogP contribution in [0.2, 0.25) is 0 Å². The predicted octanol–water partition coefficient (Wildman–Crippen LogP) is 3.55. The lowest BCUT2D eigenvalue weighted by Crippen LogP contribution is -2.47. The van der Waals surface area contributed by atoms with E-state index in [1.54, 1.807) is 11.3 Å². The van der Waals surface area contributed by atoms with Gasteiger partial charge in [-0.05, 0) is 42.7 Å². The summed E-state index contributed by atoms with van der Waals surface area (Å²) in [6.07, 6.45) is 3.51. The Kier molecular flexibility index (Phi) is 5.47. The van der Waals surface area contributed by atoms with E-state index < -0.39 is 0 Å². The fourth-order valence-electron chi connectivity index (χ4n) is 3.16. The van der Waals surface area contributed by atoms with Gasteiger partial charge in [-0.1, -0.05) is 36.4 Å². The molecule has 1 aliphatic heterocycles. The Morgan fingerprint density at radius 2 is 1.91 bits per heavy atom. The highest BCUT2D eigenvalue weighted by molar-refractivity contribution is 7.10. The molecule has 1 N–H and O–H groups in total. The second-order valence-corrected chi connectivity index (χ2v) is 6.96. The molecule has 122 valence electrons. The normalized spacial score (nSPS) is 16.9. The molecule has 2 aromatic rings. The van der Waals surface area contributed by atoms with E-state index in [2.05, 4.69) is 41.0 Å². The summed E-state index contributed by atoms with van der Waals surface area (Å²) in [7, 11) is 0. The van der Waals surface area contributed by atoms with Crippen molar-refractivity contribution in [3.05, 3.63) is 58.3 Å². The molecule has 1 aliphatic rings. The molecule has 0 radical (unpaired) electrons. The number of hydrogen-bond donors (Lipinski definition) is 1. The van der Waals surface area contributed by atoms with Crippen molar-refractivity contribution in [2.24, 2.45) is 0 Å². The first kappa shape index (κ1) is 16.2. The summed E-state index contributed by atoms with van der Waals surface area (Å²) in [4.78, 5) is 14.0. The number of nitrogens with one attached hydrogen (secondary N) is 1. The molecule has 23 heavy (non-hydrogen) atoms. The van der Waals surface area contributed by atoms with Gasteiger partial charge in [-0.15, -0.1) is 11.3 Å². The first-order valence-electron chi connectivity index (χ1n) is 8.25. The summed E-state index contributed by atoms with van der Waals surface area (Å²) in [6, 6.07) is 14.5. The zero-order valence-corrected chi connectivity index (χ0v) is 14.1. The van der Waals surface area contributed by atoms with Crippen LogP contribution in [-0.2, 0) is 21.4 Å².